The first kappa shape index (κ1) is 18.4. The van der Waals surface area contributed by atoms with Crippen LogP contribution in [0, 0.1) is 6.92 Å². The molecule has 0 aliphatic heterocycles. The molecule has 26 heavy (non-hydrogen) atoms. The van der Waals surface area contributed by atoms with E-state index in [-0.39, 0.29) is 5.56 Å². The molecule has 0 unspecified atom stereocenters. The SMILES string of the molecule is Cc1c(NC(=S)NCc2ccc(Br)cc2)c(=O)n(-c2ccccc2)n1C. The molecule has 0 amide bonds. The monoisotopic (exact) mass is 430 g/mol. The fourth-order valence-corrected chi connectivity index (χ4v) is 3.09. The number of nitrogens with zero attached hydrogens (tertiary/aromatic N) is 2. The van der Waals surface area contributed by atoms with Gasteiger partial charge in [-0.25, -0.2) is 4.68 Å². The van der Waals surface area contributed by atoms with E-state index in [0.29, 0.717) is 17.3 Å². The number of aromatic nitrogens is 2. The lowest BCUT2D eigenvalue weighted by Gasteiger charge is -2.09. The van der Waals surface area contributed by atoms with Crippen LogP contribution in [-0.2, 0) is 13.6 Å². The Balaban J connectivity index is 1.76. The smallest absolute Gasteiger partial charge is 0.295 e. The van der Waals surface area contributed by atoms with Gasteiger partial charge in [-0.1, -0.05) is 46.3 Å². The third-order valence-corrected chi connectivity index (χ3v) is 4.93. The maximum absolute atomic E-state index is 12.8. The Labute approximate surface area is 165 Å². The summed E-state index contributed by atoms with van der Waals surface area (Å²) >= 11 is 8.78. The van der Waals surface area contributed by atoms with Crippen LogP contribution in [0.4, 0.5) is 5.69 Å². The zero-order valence-electron chi connectivity index (χ0n) is 14.5. The van der Waals surface area contributed by atoms with Gasteiger partial charge in [0.05, 0.1) is 11.4 Å². The van der Waals surface area contributed by atoms with Crippen molar-refractivity contribution >= 4 is 38.9 Å². The van der Waals surface area contributed by atoms with E-state index in [4.69, 9.17) is 12.2 Å². The molecule has 0 radical (unpaired) electrons. The average molecular weight is 431 g/mol. The van der Waals surface area contributed by atoms with Gasteiger partial charge in [0.25, 0.3) is 5.56 Å². The number of nitrogens with one attached hydrogen (secondary N) is 2. The van der Waals surface area contributed by atoms with Gasteiger partial charge >= 0.3 is 0 Å². The summed E-state index contributed by atoms with van der Waals surface area (Å²) < 4.78 is 4.47. The number of rotatable bonds is 4. The molecule has 2 aromatic carbocycles. The molecule has 134 valence electrons. The molecule has 0 spiro atoms. The molecule has 0 atom stereocenters. The number of hydrogen-bond acceptors (Lipinski definition) is 2. The van der Waals surface area contributed by atoms with Gasteiger partial charge in [-0.3, -0.25) is 9.48 Å². The average Bonchev–Trinajstić information content (AvgIpc) is 2.85. The normalized spacial score (nSPS) is 10.6. The molecule has 7 heteroatoms. The molecule has 5 nitrogen and oxygen atoms in total. The summed E-state index contributed by atoms with van der Waals surface area (Å²) in [4.78, 5) is 12.8. The summed E-state index contributed by atoms with van der Waals surface area (Å²) in [6, 6.07) is 17.5. The van der Waals surface area contributed by atoms with Gasteiger partial charge in [0, 0.05) is 18.1 Å². The largest absolute Gasteiger partial charge is 0.358 e. The molecule has 1 aromatic heterocycles. The topological polar surface area (TPSA) is 51.0 Å². The second-order valence-corrected chi connectivity index (χ2v) is 7.19. The summed E-state index contributed by atoms with van der Waals surface area (Å²) in [5, 5.41) is 6.60. The second kappa shape index (κ2) is 7.88. The van der Waals surface area contributed by atoms with Gasteiger partial charge in [0.2, 0.25) is 0 Å². The minimum atomic E-state index is -0.135. The highest BCUT2D eigenvalue weighted by molar-refractivity contribution is 9.10. The quantitative estimate of drug-likeness (QED) is 0.619. The van der Waals surface area contributed by atoms with Gasteiger partial charge in [0.1, 0.15) is 5.69 Å². The Morgan fingerprint density at radius 3 is 2.42 bits per heavy atom. The van der Waals surface area contributed by atoms with Crippen LogP contribution in [0.1, 0.15) is 11.3 Å². The third-order valence-electron chi connectivity index (χ3n) is 4.16. The molecule has 1 heterocycles. The van der Waals surface area contributed by atoms with E-state index in [0.717, 1.165) is 21.4 Å². The summed E-state index contributed by atoms with van der Waals surface area (Å²) in [7, 11) is 1.85. The second-order valence-electron chi connectivity index (χ2n) is 5.87. The molecular weight excluding hydrogens is 412 g/mol. The van der Waals surface area contributed by atoms with E-state index in [1.165, 1.54) is 0 Å². The Hall–Kier alpha value is -2.38. The molecule has 0 fully saturated rings. The highest BCUT2D eigenvalue weighted by Crippen LogP contribution is 2.14. The van der Waals surface area contributed by atoms with Gasteiger partial charge < -0.3 is 10.6 Å². The molecule has 0 saturated heterocycles. The van der Waals surface area contributed by atoms with Gasteiger partial charge in [-0.05, 0) is 49.0 Å². The molecule has 3 rings (SSSR count). The van der Waals surface area contributed by atoms with Gasteiger partial charge in [-0.2, -0.15) is 0 Å². The van der Waals surface area contributed by atoms with Crippen molar-refractivity contribution in [2.24, 2.45) is 7.05 Å². The number of para-hydroxylation sites is 1. The fraction of sp³-hybridized carbons (Fsp3) is 0.158. The van der Waals surface area contributed by atoms with Gasteiger partial charge in [-0.15, -0.1) is 0 Å². The van der Waals surface area contributed by atoms with E-state index < -0.39 is 0 Å². The molecule has 0 aliphatic rings. The highest BCUT2D eigenvalue weighted by Gasteiger charge is 2.16. The molecule has 0 aliphatic carbocycles. The molecule has 0 bridgehead atoms. The predicted octanol–water partition coefficient (Wildman–Crippen LogP) is 3.73. The Bertz CT molecular complexity index is 977. The van der Waals surface area contributed by atoms with Crippen LogP contribution >= 0.6 is 28.1 Å². The van der Waals surface area contributed by atoms with Crippen LogP contribution in [0.25, 0.3) is 5.69 Å². The number of halogens is 1. The van der Waals surface area contributed by atoms with Crippen LogP contribution in [0.15, 0.2) is 63.9 Å². The van der Waals surface area contributed by atoms with Crippen molar-refractivity contribution in [2.75, 3.05) is 5.32 Å². The van der Waals surface area contributed by atoms with Crippen molar-refractivity contribution in [3.05, 3.63) is 80.7 Å². The van der Waals surface area contributed by atoms with Crippen LogP contribution < -0.4 is 16.2 Å². The summed E-state index contributed by atoms with van der Waals surface area (Å²) in [6.45, 7) is 2.47. The van der Waals surface area contributed by atoms with Crippen molar-refractivity contribution < 1.29 is 0 Å². The number of thiocarbonyl (C=S) groups is 1. The maximum Gasteiger partial charge on any atom is 0.295 e. The Morgan fingerprint density at radius 1 is 1.12 bits per heavy atom. The number of hydrogen-bond donors (Lipinski definition) is 2. The minimum absolute atomic E-state index is 0.135. The number of anilines is 1. The summed E-state index contributed by atoms with van der Waals surface area (Å²) in [6.07, 6.45) is 0. The van der Waals surface area contributed by atoms with E-state index in [1.807, 2.05) is 73.3 Å². The van der Waals surface area contributed by atoms with E-state index in [1.54, 1.807) is 4.68 Å². The summed E-state index contributed by atoms with van der Waals surface area (Å²) in [5.41, 5.74) is 3.06. The Morgan fingerprint density at radius 2 is 1.77 bits per heavy atom. The fourth-order valence-electron chi connectivity index (χ4n) is 2.65. The molecule has 0 saturated carbocycles. The van der Waals surface area contributed by atoms with Crippen molar-refractivity contribution in [3.63, 3.8) is 0 Å². The van der Waals surface area contributed by atoms with Crippen molar-refractivity contribution in [3.8, 4) is 5.69 Å². The minimum Gasteiger partial charge on any atom is -0.358 e. The predicted molar refractivity (Wildman–Crippen MR) is 113 cm³/mol. The first-order valence-corrected chi connectivity index (χ1v) is 9.31. The van der Waals surface area contributed by atoms with Crippen LogP contribution in [0.3, 0.4) is 0 Å². The van der Waals surface area contributed by atoms with Crippen LogP contribution in [0.2, 0.25) is 0 Å². The first-order chi connectivity index (χ1) is 12.5. The lowest BCUT2D eigenvalue weighted by Crippen LogP contribution is -2.30. The van der Waals surface area contributed by atoms with Crippen LogP contribution in [0.5, 0.6) is 0 Å². The maximum atomic E-state index is 12.8. The van der Waals surface area contributed by atoms with Gasteiger partial charge in [0.15, 0.2) is 5.11 Å². The lowest BCUT2D eigenvalue weighted by atomic mass is 10.2. The molecule has 2 N–H and O–H groups in total. The lowest BCUT2D eigenvalue weighted by molar-refractivity contribution is 0.630. The van der Waals surface area contributed by atoms with Crippen molar-refractivity contribution in [2.45, 2.75) is 13.5 Å². The van der Waals surface area contributed by atoms with Crippen molar-refractivity contribution in [1.82, 2.24) is 14.7 Å². The molecule has 3 aromatic rings. The van der Waals surface area contributed by atoms with E-state index in [2.05, 4.69) is 26.6 Å². The van der Waals surface area contributed by atoms with Crippen LogP contribution in [-0.4, -0.2) is 14.5 Å². The van der Waals surface area contributed by atoms with E-state index in [9.17, 15) is 4.79 Å². The van der Waals surface area contributed by atoms with E-state index >= 15 is 0 Å². The Kier molecular flexibility index (Phi) is 5.58. The number of benzene rings is 2. The molecular formula is C19H19BrN4OS. The first-order valence-electron chi connectivity index (χ1n) is 8.10. The highest BCUT2D eigenvalue weighted by atomic mass is 79.9. The summed E-state index contributed by atoms with van der Waals surface area (Å²) in [5.74, 6) is 0. The standard InChI is InChI=1S/C19H19BrN4OS/c1-13-17(18(25)24(23(13)2)16-6-4-3-5-7-16)22-19(26)21-12-14-8-10-15(20)11-9-14/h3-11H,12H2,1-2H3,(H2,21,22,26). The van der Waals surface area contributed by atoms with Crippen molar-refractivity contribution in [1.29, 1.82) is 0 Å². The zero-order chi connectivity index (χ0) is 18.7. The third kappa shape index (κ3) is 3.89. The zero-order valence-corrected chi connectivity index (χ0v) is 16.9.